The van der Waals surface area contributed by atoms with Crippen LogP contribution in [0, 0.1) is 11.3 Å². The second kappa shape index (κ2) is 5.64. The van der Waals surface area contributed by atoms with Crippen molar-refractivity contribution in [2.75, 3.05) is 12.3 Å². The van der Waals surface area contributed by atoms with Gasteiger partial charge >= 0.3 is 0 Å². The van der Waals surface area contributed by atoms with Gasteiger partial charge in [0.05, 0.1) is 0 Å². The Morgan fingerprint density at radius 1 is 1.47 bits per heavy atom. The lowest BCUT2D eigenvalue weighted by Crippen LogP contribution is -2.48. The molecule has 0 radical (unpaired) electrons. The molecule has 0 saturated carbocycles. The van der Waals surface area contributed by atoms with Crippen molar-refractivity contribution in [3.05, 3.63) is 0 Å². The zero-order valence-corrected chi connectivity index (χ0v) is 13.1. The van der Waals surface area contributed by atoms with E-state index in [2.05, 4.69) is 46.9 Å². The van der Waals surface area contributed by atoms with Crippen LogP contribution in [-0.2, 0) is 0 Å². The Hall–Kier alpha value is -0.180. The summed E-state index contributed by atoms with van der Waals surface area (Å²) in [5, 5.41) is 4.75. The molecule has 3 heteroatoms. The zero-order chi connectivity index (χ0) is 13.1. The molecule has 1 aliphatic rings. The molecule has 0 amide bonds. The predicted molar refractivity (Wildman–Crippen MR) is 79.8 cm³/mol. The van der Waals surface area contributed by atoms with Gasteiger partial charge in [-0.2, -0.15) is 0 Å². The first kappa shape index (κ1) is 14.9. The average molecular weight is 256 g/mol. The van der Waals surface area contributed by atoms with E-state index in [1.54, 1.807) is 0 Å². The molecular weight excluding hydrogens is 228 g/mol. The zero-order valence-electron chi connectivity index (χ0n) is 12.3. The molecule has 0 aromatic carbocycles. The monoisotopic (exact) mass is 256 g/mol. The van der Waals surface area contributed by atoms with Gasteiger partial charge in [0.15, 0.2) is 5.17 Å². The normalized spacial score (nSPS) is 30.1. The molecule has 100 valence electrons. The van der Waals surface area contributed by atoms with Crippen molar-refractivity contribution in [1.29, 1.82) is 0 Å². The van der Waals surface area contributed by atoms with E-state index >= 15 is 0 Å². The Morgan fingerprint density at radius 2 is 2.12 bits per heavy atom. The number of aliphatic imine (C=N–C) groups is 1. The van der Waals surface area contributed by atoms with Crippen molar-refractivity contribution in [3.8, 4) is 0 Å². The highest BCUT2D eigenvalue weighted by Crippen LogP contribution is 2.27. The number of hydrogen-bond acceptors (Lipinski definition) is 2. The van der Waals surface area contributed by atoms with Gasteiger partial charge in [0.1, 0.15) is 0 Å². The van der Waals surface area contributed by atoms with E-state index in [1.807, 2.05) is 11.8 Å². The van der Waals surface area contributed by atoms with Crippen LogP contribution in [0.15, 0.2) is 4.99 Å². The van der Waals surface area contributed by atoms with Crippen molar-refractivity contribution in [2.45, 2.75) is 59.9 Å². The highest BCUT2D eigenvalue weighted by Gasteiger charge is 2.28. The van der Waals surface area contributed by atoms with Crippen LogP contribution in [0.1, 0.15) is 54.4 Å². The Labute approximate surface area is 111 Å². The predicted octanol–water partition coefficient (Wildman–Crippen LogP) is 3.92. The molecule has 2 unspecified atom stereocenters. The molecule has 0 bridgehead atoms. The fraction of sp³-hybridized carbons (Fsp3) is 0.929. The van der Waals surface area contributed by atoms with Crippen LogP contribution in [0.4, 0.5) is 0 Å². The summed E-state index contributed by atoms with van der Waals surface area (Å²) in [6.45, 7) is 14.6. The second-order valence-electron chi connectivity index (χ2n) is 6.55. The maximum Gasteiger partial charge on any atom is 0.156 e. The van der Waals surface area contributed by atoms with Crippen molar-refractivity contribution in [3.63, 3.8) is 0 Å². The third-order valence-electron chi connectivity index (χ3n) is 4.07. The van der Waals surface area contributed by atoms with Gasteiger partial charge < -0.3 is 5.32 Å². The van der Waals surface area contributed by atoms with Gasteiger partial charge in [-0.15, -0.1) is 0 Å². The number of nitrogens with zero attached hydrogens (tertiary/aromatic N) is 1. The molecule has 1 N–H and O–H groups in total. The van der Waals surface area contributed by atoms with Gasteiger partial charge in [-0.1, -0.05) is 46.4 Å². The first-order valence-corrected chi connectivity index (χ1v) is 7.71. The molecule has 2 nitrogen and oxygen atoms in total. The van der Waals surface area contributed by atoms with E-state index in [0.29, 0.717) is 11.3 Å². The fourth-order valence-electron chi connectivity index (χ4n) is 1.57. The summed E-state index contributed by atoms with van der Waals surface area (Å²) in [7, 11) is 0. The molecule has 1 heterocycles. The summed E-state index contributed by atoms with van der Waals surface area (Å²) < 4.78 is 0. The Bertz CT molecular complexity index is 280. The number of amidine groups is 1. The smallest absolute Gasteiger partial charge is 0.156 e. The highest BCUT2D eigenvalue weighted by molar-refractivity contribution is 8.13. The van der Waals surface area contributed by atoms with Crippen LogP contribution in [0.2, 0.25) is 0 Å². The van der Waals surface area contributed by atoms with Crippen molar-refractivity contribution in [2.24, 2.45) is 16.3 Å². The van der Waals surface area contributed by atoms with Gasteiger partial charge in [-0.3, -0.25) is 4.99 Å². The van der Waals surface area contributed by atoms with Crippen LogP contribution in [0.3, 0.4) is 0 Å². The summed E-state index contributed by atoms with van der Waals surface area (Å²) in [6.07, 6.45) is 2.41. The van der Waals surface area contributed by atoms with E-state index in [9.17, 15) is 0 Å². The number of thioether (sulfide) groups is 1. The maximum absolute atomic E-state index is 4.76. The van der Waals surface area contributed by atoms with E-state index < -0.39 is 0 Å². The summed E-state index contributed by atoms with van der Waals surface area (Å²) in [6, 6.07) is 0. The van der Waals surface area contributed by atoms with Crippen molar-refractivity contribution < 1.29 is 0 Å². The fourth-order valence-corrected chi connectivity index (χ4v) is 2.80. The Kier molecular flexibility index (Phi) is 4.94. The number of rotatable bonds is 3. The number of nitrogens with one attached hydrogen (secondary N) is 1. The van der Waals surface area contributed by atoms with Crippen LogP contribution >= 0.6 is 11.8 Å². The van der Waals surface area contributed by atoms with Crippen molar-refractivity contribution >= 4 is 16.9 Å². The molecular formula is C14H28N2S. The summed E-state index contributed by atoms with van der Waals surface area (Å²) in [5.74, 6) is 1.81. The van der Waals surface area contributed by atoms with E-state index in [1.165, 1.54) is 18.6 Å². The minimum Gasteiger partial charge on any atom is -0.360 e. The van der Waals surface area contributed by atoms with Crippen LogP contribution in [-0.4, -0.2) is 23.0 Å². The van der Waals surface area contributed by atoms with Gasteiger partial charge in [0.25, 0.3) is 0 Å². The molecule has 1 rings (SSSR count). The lowest BCUT2D eigenvalue weighted by atomic mass is 9.82. The first-order valence-electron chi connectivity index (χ1n) is 6.72. The summed E-state index contributed by atoms with van der Waals surface area (Å²) >= 11 is 1.87. The van der Waals surface area contributed by atoms with Gasteiger partial charge in [-0.05, 0) is 31.1 Å². The van der Waals surface area contributed by atoms with E-state index in [4.69, 9.17) is 4.99 Å². The highest BCUT2D eigenvalue weighted by atomic mass is 32.2. The molecule has 1 saturated heterocycles. The van der Waals surface area contributed by atoms with Gasteiger partial charge in [0.2, 0.25) is 0 Å². The molecule has 0 aliphatic carbocycles. The Balaban J connectivity index is 2.56. The topological polar surface area (TPSA) is 24.4 Å². The van der Waals surface area contributed by atoms with Gasteiger partial charge in [-0.25, -0.2) is 0 Å². The van der Waals surface area contributed by atoms with Crippen LogP contribution in [0.25, 0.3) is 0 Å². The summed E-state index contributed by atoms with van der Waals surface area (Å²) in [4.78, 5) is 4.76. The van der Waals surface area contributed by atoms with Gasteiger partial charge in [0, 0.05) is 17.8 Å². The standard InChI is InChI=1S/C14H28N2S/c1-7-14(6)8-9-17-12(16-14)15-10-11(2)13(3,4)5/h11H,7-10H2,1-6H3,(H,15,16). The van der Waals surface area contributed by atoms with Crippen LogP contribution in [0.5, 0.6) is 0 Å². The van der Waals surface area contributed by atoms with E-state index in [-0.39, 0.29) is 5.54 Å². The first-order chi connectivity index (χ1) is 7.77. The quantitative estimate of drug-likeness (QED) is 0.827. The lowest BCUT2D eigenvalue weighted by molar-refractivity contribution is 0.269. The van der Waals surface area contributed by atoms with Crippen molar-refractivity contribution in [1.82, 2.24) is 5.32 Å². The SMILES string of the molecule is CCC1(C)CCSC(=NCC(C)C(C)(C)C)N1. The summed E-state index contributed by atoms with van der Waals surface area (Å²) in [5.41, 5.74) is 0.604. The minimum absolute atomic E-state index is 0.259. The Morgan fingerprint density at radius 3 is 2.65 bits per heavy atom. The second-order valence-corrected chi connectivity index (χ2v) is 7.63. The molecule has 17 heavy (non-hydrogen) atoms. The molecule has 0 aromatic rings. The molecule has 0 aromatic heterocycles. The molecule has 1 fully saturated rings. The third kappa shape index (κ3) is 4.53. The van der Waals surface area contributed by atoms with E-state index in [0.717, 1.165) is 11.7 Å². The third-order valence-corrected chi connectivity index (χ3v) is 4.98. The molecule has 2 atom stereocenters. The largest absolute Gasteiger partial charge is 0.360 e. The van der Waals surface area contributed by atoms with Crippen LogP contribution < -0.4 is 5.32 Å². The number of hydrogen-bond donors (Lipinski definition) is 1. The molecule has 1 aliphatic heterocycles. The minimum atomic E-state index is 0.259. The molecule has 0 spiro atoms. The lowest BCUT2D eigenvalue weighted by Gasteiger charge is -2.35. The maximum atomic E-state index is 4.76. The average Bonchev–Trinajstić information content (AvgIpc) is 2.25.